The first kappa shape index (κ1) is 26.1. The zero-order chi connectivity index (χ0) is 26.5. The number of rotatable bonds is 8. The minimum absolute atomic E-state index is 0.0413. The van der Waals surface area contributed by atoms with Gasteiger partial charge in [-0.15, -0.1) is 10.2 Å². The molecule has 0 fully saturated rings. The molecule has 0 saturated carbocycles. The Morgan fingerprint density at radius 3 is 2.32 bits per heavy atom. The van der Waals surface area contributed by atoms with Gasteiger partial charge in [0, 0.05) is 27.4 Å². The fourth-order valence-electron chi connectivity index (χ4n) is 4.04. The number of para-hydroxylation sites is 2. The first-order valence-corrected chi connectivity index (χ1v) is 14.2. The summed E-state index contributed by atoms with van der Waals surface area (Å²) in [6, 6.07) is 23.1. The van der Waals surface area contributed by atoms with E-state index >= 15 is 0 Å². The van der Waals surface area contributed by atoms with Gasteiger partial charge in [0.05, 0.1) is 23.7 Å². The maximum absolute atomic E-state index is 13.5. The predicted octanol–water partition coefficient (Wildman–Crippen LogP) is 6.20. The second kappa shape index (κ2) is 11.9. The Morgan fingerprint density at radius 1 is 0.974 bits per heavy atom. The maximum Gasteiger partial charge on any atom is 0.244 e. The van der Waals surface area contributed by atoms with Crippen LogP contribution in [0.4, 0.5) is 11.4 Å². The Hall–Kier alpha value is -3.53. The van der Waals surface area contributed by atoms with E-state index in [1.165, 1.54) is 17.8 Å². The highest BCUT2D eigenvalue weighted by Crippen LogP contribution is 2.48. The molecule has 0 atom stereocenters. The summed E-state index contributed by atoms with van der Waals surface area (Å²) >= 11 is 9.14. The third-order valence-electron chi connectivity index (χ3n) is 5.86. The molecule has 1 N–H and O–H groups in total. The number of hydrogen-bond donors (Lipinski definition) is 1. The standard InChI is InChI=1S/C28H24ClN5O2S2/c1-2-33-25(17-30-26(35)16-15-19-9-3-4-10-20(19)29)31-32-28(33)37-18-27(36)34-21-11-5-7-13-23(21)38-24-14-8-6-12-22(24)34/h3-16H,2,17-18H2,1H3,(H,30,35)/b16-15+. The SMILES string of the molecule is CCn1c(CNC(=O)/C=C/c2ccccc2Cl)nnc1SCC(=O)N1c2ccccc2Sc2ccccc21. The number of carbonyl (C=O) groups excluding carboxylic acids is 2. The van der Waals surface area contributed by atoms with Gasteiger partial charge in [0.2, 0.25) is 11.8 Å². The zero-order valence-corrected chi connectivity index (χ0v) is 22.9. The van der Waals surface area contributed by atoms with Crippen LogP contribution in [-0.4, -0.2) is 32.3 Å². The molecular weight excluding hydrogens is 538 g/mol. The first-order valence-electron chi connectivity index (χ1n) is 12.0. The van der Waals surface area contributed by atoms with Crippen molar-refractivity contribution < 1.29 is 9.59 Å². The van der Waals surface area contributed by atoms with Crippen LogP contribution in [0.15, 0.2) is 93.8 Å². The van der Waals surface area contributed by atoms with Crippen LogP contribution in [0.1, 0.15) is 18.3 Å². The molecule has 0 saturated heterocycles. The Bertz CT molecular complexity index is 1480. The van der Waals surface area contributed by atoms with E-state index in [1.807, 2.05) is 78.2 Å². The number of halogens is 1. The average molecular weight is 562 g/mol. The number of nitrogens with zero attached hydrogens (tertiary/aromatic N) is 4. The lowest BCUT2D eigenvalue weighted by Gasteiger charge is -2.30. The van der Waals surface area contributed by atoms with Gasteiger partial charge >= 0.3 is 0 Å². The van der Waals surface area contributed by atoms with E-state index < -0.39 is 0 Å². The molecule has 1 aliphatic rings. The Morgan fingerprint density at radius 2 is 1.63 bits per heavy atom. The smallest absolute Gasteiger partial charge is 0.244 e. The zero-order valence-electron chi connectivity index (χ0n) is 20.5. The lowest BCUT2D eigenvalue weighted by molar-refractivity contribution is -0.117. The Balaban J connectivity index is 1.25. The monoisotopic (exact) mass is 561 g/mol. The van der Waals surface area contributed by atoms with Crippen LogP contribution in [0.5, 0.6) is 0 Å². The van der Waals surface area contributed by atoms with Crippen molar-refractivity contribution in [2.75, 3.05) is 10.7 Å². The van der Waals surface area contributed by atoms with Gasteiger partial charge in [-0.2, -0.15) is 0 Å². The molecule has 5 rings (SSSR count). The predicted molar refractivity (Wildman–Crippen MR) is 153 cm³/mol. The second-order valence-electron chi connectivity index (χ2n) is 8.27. The normalized spacial score (nSPS) is 12.3. The number of nitrogens with one attached hydrogen (secondary N) is 1. The molecule has 3 aromatic carbocycles. The van der Waals surface area contributed by atoms with E-state index in [4.69, 9.17) is 11.6 Å². The molecule has 2 amide bonds. The fourth-order valence-corrected chi connectivity index (χ4v) is 6.17. The van der Waals surface area contributed by atoms with Crippen LogP contribution < -0.4 is 10.2 Å². The summed E-state index contributed by atoms with van der Waals surface area (Å²) in [5.74, 6) is 0.506. The Labute approximate surface area is 234 Å². The third-order valence-corrected chi connectivity index (χ3v) is 8.28. The van der Waals surface area contributed by atoms with E-state index in [0.717, 1.165) is 26.7 Å². The van der Waals surface area contributed by atoms with Gasteiger partial charge in [-0.05, 0) is 48.9 Å². The molecule has 1 aliphatic heterocycles. The van der Waals surface area contributed by atoms with Crippen molar-refractivity contribution in [1.82, 2.24) is 20.1 Å². The molecule has 0 spiro atoms. The maximum atomic E-state index is 13.5. The van der Waals surface area contributed by atoms with Crippen LogP contribution in [-0.2, 0) is 22.7 Å². The molecule has 4 aromatic rings. The highest BCUT2D eigenvalue weighted by Gasteiger charge is 2.28. The highest BCUT2D eigenvalue weighted by molar-refractivity contribution is 8.00. The second-order valence-corrected chi connectivity index (χ2v) is 10.7. The van der Waals surface area contributed by atoms with E-state index in [-0.39, 0.29) is 24.1 Å². The van der Waals surface area contributed by atoms with E-state index in [2.05, 4.69) is 15.5 Å². The van der Waals surface area contributed by atoms with Crippen molar-refractivity contribution in [2.45, 2.75) is 35.0 Å². The van der Waals surface area contributed by atoms with Crippen molar-refractivity contribution in [2.24, 2.45) is 0 Å². The van der Waals surface area contributed by atoms with Gasteiger partial charge in [-0.1, -0.05) is 77.6 Å². The van der Waals surface area contributed by atoms with Crippen molar-refractivity contribution in [3.63, 3.8) is 0 Å². The van der Waals surface area contributed by atoms with Crippen molar-refractivity contribution in [3.05, 3.63) is 95.3 Å². The van der Waals surface area contributed by atoms with Gasteiger partial charge in [0.25, 0.3) is 0 Å². The lowest BCUT2D eigenvalue weighted by atomic mass is 10.2. The summed E-state index contributed by atoms with van der Waals surface area (Å²) in [7, 11) is 0. The molecule has 0 unspecified atom stereocenters. The Kier molecular flexibility index (Phi) is 8.17. The minimum atomic E-state index is -0.264. The lowest BCUT2D eigenvalue weighted by Crippen LogP contribution is -2.30. The molecule has 0 aliphatic carbocycles. The molecule has 38 heavy (non-hydrogen) atoms. The number of benzene rings is 3. The summed E-state index contributed by atoms with van der Waals surface area (Å²) < 4.78 is 1.91. The number of thioether (sulfide) groups is 1. The van der Waals surface area contributed by atoms with Crippen molar-refractivity contribution >= 4 is 64.4 Å². The minimum Gasteiger partial charge on any atom is -0.345 e. The number of aromatic nitrogens is 3. The number of hydrogen-bond acceptors (Lipinski definition) is 6. The molecular formula is C28H24ClN5O2S2. The fraction of sp³-hybridized carbons (Fsp3) is 0.143. The van der Waals surface area contributed by atoms with Crippen LogP contribution in [0.3, 0.4) is 0 Å². The van der Waals surface area contributed by atoms with Crippen molar-refractivity contribution in [3.8, 4) is 0 Å². The summed E-state index contributed by atoms with van der Waals surface area (Å²) in [5, 5.41) is 12.6. The molecule has 192 valence electrons. The molecule has 2 heterocycles. The van der Waals surface area contributed by atoms with Crippen LogP contribution >= 0.6 is 35.1 Å². The van der Waals surface area contributed by atoms with Crippen molar-refractivity contribution in [1.29, 1.82) is 0 Å². The van der Waals surface area contributed by atoms with Gasteiger partial charge in [-0.25, -0.2) is 0 Å². The van der Waals surface area contributed by atoms with E-state index in [0.29, 0.717) is 22.5 Å². The molecule has 10 heteroatoms. The molecule has 0 bridgehead atoms. The summed E-state index contributed by atoms with van der Waals surface area (Å²) in [4.78, 5) is 29.7. The number of carbonyl (C=O) groups is 2. The quantitative estimate of drug-likeness (QED) is 0.204. The van der Waals surface area contributed by atoms with Gasteiger partial charge in [0.15, 0.2) is 11.0 Å². The largest absolute Gasteiger partial charge is 0.345 e. The van der Waals surface area contributed by atoms with Gasteiger partial charge in [0.1, 0.15) is 0 Å². The summed E-state index contributed by atoms with van der Waals surface area (Å²) in [6.45, 7) is 2.80. The topological polar surface area (TPSA) is 80.1 Å². The summed E-state index contributed by atoms with van der Waals surface area (Å²) in [5.41, 5.74) is 2.53. The van der Waals surface area contributed by atoms with Crippen LogP contribution in [0, 0.1) is 0 Å². The highest BCUT2D eigenvalue weighted by atomic mass is 35.5. The third kappa shape index (κ3) is 5.65. The summed E-state index contributed by atoms with van der Waals surface area (Å²) in [6.07, 6.45) is 3.11. The molecule has 7 nitrogen and oxygen atoms in total. The van der Waals surface area contributed by atoms with E-state index in [1.54, 1.807) is 28.8 Å². The number of anilines is 2. The first-order chi connectivity index (χ1) is 18.5. The van der Waals surface area contributed by atoms with Gasteiger partial charge in [-0.3, -0.25) is 14.5 Å². The van der Waals surface area contributed by atoms with Crippen LogP contribution in [0.25, 0.3) is 6.08 Å². The number of amides is 2. The molecule has 0 radical (unpaired) electrons. The molecule has 1 aromatic heterocycles. The van der Waals surface area contributed by atoms with E-state index in [9.17, 15) is 9.59 Å². The van der Waals surface area contributed by atoms with Crippen LogP contribution in [0.2, 0.25) is 5.02 Å². The average Bonchev–Trinajstić information content (AvgIpc) is 3.34. The number of fused-ring (bicyclic) bond motifs is 2. The van der Waals surface area contributed by atoms with Gasteiger partial charge < -0.3 is 9.88 Å².